The smallest absolute Gasteiger partial charge is 0.222 e. The second kappa shape index (κ2) is 7.43. The van der Waals surface area contributed by atoms with Crippen LogP contribution in [-0.2, 0) is 16.1 Å². The molecule has 3 rings (SSSR count). The summed E-state index contributed by atoms with van der Waals surface area (Å²) < 4.78 is 5.74. The van der Waals surface area contributed by atoms with Gasteiger partial charge in [-0.25, -0.2) is 0 Å². The molecule has 1 aromatic carbocycles. The molecular formula is C18H26N2O3. The second-order valence-electron chi connectivity index (χ2n) is 6.85. The summed E-state index contributed by atoms with van der Waals surface area (Å²) in [5, 5.41) is 12.2. The van der Waals surface area contributed by atoms with Gasteiger partial charge in [0.15, 0.2) is 0 Å². The van der Waals surface area contributed by atoms with Gasteiger partial charge in [0.05, 0.1) is 25.7 Å². The Labute approximate surface area is 137 Å². The van der Waals surface area contributed by atoms with Crippen molar-refractivity contribution < 1.29 is 14.6 Å². The third-order valence-electron chi connectivity index (χ3n) is 4.84. The number of aliphatic hydroxyl groups is 1. The molecule has 2 fully saturated rings. The second-order valence-corrected chi connectivity index (χ2v) is 6.85. The van der Waals surface area contributed by atoms with E-state index in [4.69, 9.17) is 4.74 Å². The van der Waals surface area contributed by atoms with Crippen molar-refractivity contribution in [2.75, 3.05) is 32.8 Å². The van der Waals surface area contributed by atoms with Crippen LogP contribution in [0.1, 0.15) is 24.8 Å². The third-order valence-corrected chi connectivity index (χ3v) is 4.84. The van der Waals surface area contributed by atoms with Gasteiger partial charge in [-0.3, -0.25) is 9.69 Å². The largest absolute Gasteiger partial charge is 0.396 e. The van der Waals surface area contributed by atoms with E-state index in [1.807, 2.05) is 6.07 Å². The number of carbonyl (C=O) groups is 1. The van der Waals surface area contributed by atoms with E-state index >= 15 is 0 Å². The number of benzene rings is 1. The standard InChI is InChI=1S/C18H26N2O3/c21-14-18(6-7-18)13-19-17(22)10-16-12-20(8-9-23-16)11-15-4-2-1-3-5-15/h1-5,16,21H,6-14H2,(H,19,22). The van der Waals surface area contributed by atoms with Gasteiger partial charge < -0.3 is 15.2 Å². The normalized spacial score (nSPS) is 23.4. The Morgan fingerprint density at radius 3 is 2.83 bits per heavy atom. The Hall–Kier alpha value is -1.43. The van der Waals surface area contributed by atoms with Crippen molar-refractivity contribution in [1.82, 2.24) is 10.2 Å². The molecule has 0 spiro atoms. The summed E-state index contributed by atoms with van der Waals surface area (Å²) in [5.41, 5.74) is 1.25. The van der Waals surface area contributed by atoms with Gasteiger partial charge in [-0.05, 0) is 18.4 Å². The van der Waals surface area contributed by atoms with Gasteiger partial charge >= 0.3 is 0 Å². The van der Waals surface area contributed by atoms with Crippen molar-refractivity contribution in [2.45, 2.75) is 31.9 Å². The molecule has 0 radical (unpaired) electrons. The maximum atomic E-state index is 12.1. The van der Waals surface area contributed by atoms with E-state index in [1.54, 1.807) is 0 Å². The first kappa shape index (κ1) is 16.4. The van der Waals surface area contributed by atoms with Gasteiger partial charge in [-0.1, -0.05) is 30.3 Å². The number of amides is 1. The first-order chi connectivity index (χ1) is 11.2. The Kier molecular flexibility index (Phi) is 5.30. The molecule has 5 heteroatoms. The Morgan fingerprint density at radius 2 is 2.13 bits per heavy atom. The maximum Gasteiger partial charge on any atom is 0.222 e. The summed E-state index contributed by atoms with van der Waals surface area (Å²) in [6.07, 6.45) is 2.37. The summed E-state index contributed by atoms with van der Waals surface area (Å²) >= 11 is 0. The van der Waals surface area contributed by atoms with Crippen molar-refractivity contribution in [3.8, 4) is 0 Å². The molecule has 1 aliphatic carbocycles. The highest BCUT2D eigenvalue weighted by molar-refractivity contribution is 5.76. The fraction of sp³-hybridized carbons (Fsp3) is 0.611. The van der Waals surface area contributed by atoms with Crippen LogP contribution in [0.5, 0.6) is 0 Å². The van der Waals surface area contributed by atoms with Crippen LogP contribution in [0.15, 0.2) is 30.3 Å². The molecule has 1 saturated heterocycles. The molecule has 1 heterocycles. The van der Waals surface area contributed by atoms with E-state index < -0.39 is 0 Å². The van der Waals surface area contributed by atoms with Crippen LogP contribution >= 0.6 is 0 Å². The van der Waals surface area contributed by atoms with Crippen LogP contribution in [-0.4, -0.2) is 54.9 Å². The predicted molar refractivity (Wildman–Crippen MR) is 87.8 cm³/mol. The zero-order valence-corrected chi connectivity index (χ0v) is 13.5. The van der Waals surface area contributed by atoms with Crippen molar-refractivity contribution in [2.24, 2.45) is 5.41 Å². The number of rotatable bonds is 7. The molecule has 2 aliphatic rings. The van der Waals surface area contributed by atoms with Gasteiger partial charge in [0.1, 0.15) is 0 Å². The Bertz CT molecular complexity index is 516. The van der Waals surface area contributed by atoms with Crippen molar-refractivity contribution >= 4 is 5.91 Å². The Morgan fingerprint density at radius 1 is 1.35 bits per heavy atom. The van der Waals surface area contributed by atoms with E-state index in [0.717, 1.165) is 32.5 Å². The molecule has 0 aromatic heterocycles. The van der Waals surface area contributed by atoms with Crippen molar-refractivity contribution in [3.63, 3.8) is 0 Å². The predicted octanol–water partition coefficient (Wildman–Crippen LogP) is 1.17. The van der Waals surface area contributed by atoms with E-state index in [9.17, 15) is 9.90 Å². The minimum absolute atomic E-state index is 0.0243. The summed E-state index contributed by atoms with van der Waals surface area (Å²) in [5.74, 6) is 0.0243. The lowest BCUT2D eigenvalue weighted by molar-refractivity contribution is -0.126. The molecule has 1 aromatic rings. The topological polar surface area (TPSA) is 61.8 Å². The SMILES string of the molecule is O=C(CC1CN(Cc2ccccc2)CCO1)NCC1(CO)CC1. The van der Waals surface area contributed by atoms with Crippen molar-refractivity contribution in [3.05, 3.63) is 35.9 Å². The molecular weight excluding hydrogens is 292 g/mol. The quantitative estimate of drug-likeness (QED) is 0.792. The summed E-state index contributed by atoms with van der Waals surface area (Å²) in [6, 6.07) is 10.4. The van der Waals surface area contributed by atoms with E-state index in [1.165, 1.54) is 5.56 Å². The lowest BCUT2D eigenvalue weighted by Gasteiger charge is -2.32. The highest BCUT2D eigenvalue weighted by Gasteiger charge is 2.42. The van der Waals surface area contributed by atoms with Crippen LogP contribution in [0, 0.1) is 5.41 Å². The third kappa shape index (κ3) is 4.77. The number of ether oxygens (including phenoxy) is 1. The lowest BCUT2D eigenvalue weighted by Crippen LogP contribution is -2.44. The van der Waals surface area contributed by atoms with Gasteiger partial charge in [0.25, 0.3) is 0 Å². The Balaban J connectivity index is 1.42. The van der Waals surface area contributed by atoms with Crippen LogP contribution in [0.25, 0.3) is 0 Å². The fourth-order valence-electron chi connectivity index (χ4n) is 3.02. The molecule has 1 amide bonds. The molecule has 2 N–H and O–H groups in total. The van der Waals surface area contributed by atoms with E-state index in [0.29, 0.717) is 19.6 Å². The zero-order valence-electron chi connectivity index (χ0n) is 13.5. The molecule has 1 unspecified atom stereocenters. The number of hydrogen-bond donors (Lipinski definition) is 2. The number of aliphatic hydroxyl groups excluding tert-OH is 1. The average molecular weight is 318 g/mol. The summed E-state index contributed by atoms with van der Waals surface area (Å²) in [4.78, 5) is 14.4. The van der Waals surface area contributed by atoms with Gasteiger partial charge in [0.2, 0.25) is 5.91 Å². The average Bonchev–Trinajstić information content (AvgIpc) is 3.35. The van der Waals surface area contributed by atoms with Crippen molar-refractivity contribution in [1.29, 1.82) is 0 Å². The van der Waals surface area contributed by atoms with Crippen LogP contribution in [0.4, 0.5) is 0 Å². The van der Waals surface area contributed by atoms with Crippen LogP contribution in [0.2, 0.25) is 0 Å². The molecule has 5 nitrogen and oxygen atoms in total. The monoisotopic (exact) mass is 318 g/mol. The van der Waals surface area contributed by atoms with Crippen LogP contribution < -0.4 is 5.32 Å². The minimum Gasteiger partial charge on any atom is -0.396 e. The zero-order chi connectivity index (χ0) is 16.1. The maximum absolute atomic E-state index is 12.1. The number of nitrogens with one attached hydrogen (secondary N) is 1. The number of hydrogen-bond acceptors (Lipinski definition) is 4. The summed E-state index contributed by atoms with van der Waals surface area (Å²) in [7, 11) is 0. The molecule has 1 atom stereocenters. The number of carbonyl (C=O) groups excluding carboxylic acids is 1. The van der Waals surface area contributed by atoms with E-state index in [-0.39, 0.29) is 24.0 Å². The molecule has 23 heavy (non-hydrogen) atoms. The van der Waals surface area contributed by atoms with E-state index in [2.05, 4.69) is 34.5 Å². The van der Waals surface area contributed by atoms with Gasteiger partial charge in [-0.2, -0.15) is 0 Å². The first-order valence-corrected chi connectivity index (χ1v) is 8.45. The lowest BCUT2D eigenvalue weighted by atomic mass is 10.1. The fourth-order valence-corrected chi connectivity index (χ4v) is 3.02. The minimum atomic E-state index is -0.0447. The molecule has 1 saturated carbocycles. The molecule has 1 aliphatic heterocycles. The highest BCUT2D eigenvalue weighted by Crippen LogP contribution is 2.44. The molecule has 0 bridgehead atoms. The number of nitrogens with zero attached hydrogens (tertiary/aromatic N) is 1. The van der Waals surface area contributed by atoms with Gasteiger partial charge in [-0.15, -0.1) is 0 Å². The summed E-state index contributed by atoms with van der Waals surface area (Å²) in [6.45, 7) is 4.01. The highest BCUT2D eigenvalue weighted by atomic mass is 16.5. The number of morpholine rings is 1. The first-order valence-electron chi connectivity index (χ1n) is 8.45. The van der Waals surface area contributed by atoms with Crippen LogP contribution in [0.3, 0.4) is 0 Å². The molecule has 126 valence electrons. The van der Waals surface area contributed by atoms with Gasteiger partial charge in [0, 0.05) is 31.6 Å².